The van der Waals surface area contributed by atoms with E-state index in [1.165, 1.54) is 26.5 Å². The number of aromatic nitrogens is 1. The van der Waals surface area contributed by atoms with Crippen LogP contribution in [0, 0.1) is 10.2 Å². The fraction of sp³-hybridized carbons (Fsp3) is 0.444. The lowest BCUT2D eigenvalue weighted by molar-refractivity contribution is -2.00. The van der Waals surface area contributed by atoms with Crippen LogP contribution in [-0.4, -0.2) is 65.9 Å². The topological polar surface area (TPSA) is 136 Å². The van der Waals surface area contributed by atoms with Crippen LogP contribution in [0.1, 0.15) is 17.5 Å². The van der Waals surface area contributed by atoms with Crippen LogP contribution in [0.5, 0.6) is 0 Å². The Morgan fingerprint density at radius 3 is 1.82 bits per heavy atom. The van der Waals surface area contributed by atoms with Crippen molar-refractivity contribution in [2.75, 3.05) is 70.8 Å². The minimum absolute atomic E-state index is 0.595. The molecule has 10 nitrogen and oxygen atoms in total. The third-order valence-corrected chi connectivity index (χ3v) is 6.89. The average molecular weight is 583 g/mol. The second-order valence-corrected chi connectivity index (χ2v) is 10.2. The highest BCUT2D eigenvalue weighted by atomic mass is 35.7. The van der Waals surface area contributed by atoms with E-state index in [1.807, 2.05) is 11.3 Å². The van der Waals surface area contributed by atoms with Gasteiger partial charge >= 0.3 is 0 Å². The van der Waals surface area contributed by atoms with Crippen LogP contribution >= 0.6 is 11.3 Å². The lowest BCUT2D eigenvalue weighted by Gasteiger charge is -2.25. The zero-order valence-electron chi connectivity index (χ0n) is 22.0. The number of anilines is 1. The number of para-hydroxylation sites is 1. The predicted molar refractivity (Wildman–Crippen MR) is 139 cm³/mol. The third-order valence-electron chi connectivity index (χ3n) is 5.76. The van der Waals surface area contributed by atoms with Crippen molar-refractivity contribution in [1.29, 1.82) is 0 Å². The zero-order chi connectivity index (χ0) is 27.9. The fourth-order valence-electron chi connectivity index (χ4n) is 3.95. The van der Waals surface area contributed by atoms with Gasteiger partial charge in [0.1, 0.15) is 11.2 Å². The van der Waals surface area contributed by atoms with Crippen LogP contribution in [0.2, 0.25) is 0 Å². The molecule has 214 valence electrons. The first-order valence-corrected chi connectivity index (χ1v) is 14.8. The SMILES string of the molecule is CC[n+]1c(/C=C/c2ccc(N3CCOCCOCCOCCOCC3)cc2)sc2ccccc21.[O-][Cl+3]([O-])([O-])[O-]. The first-order valence-electron chi connectivity index (χ1n) is 12.7. The Kier molecular flexibility index (Phi) is 13.5. The van der Waals surface area contributed by atoms with Crippen LogP contribution in [0.25, 0.3) is 22.4 Å². The molecule has 2 heterocycles. The van der Waals surface area contributed by atoms with E-state index >= 15 is 0 Å². The predicted octanol–water partition coefficient (Wildman–Crippen LogP) is -0.490. The molecular formula is C27H35ClN2O8S. The number of hydrogen-bond donors (Lipinski definition) is 0. The van der Waals surface area contributed by atoms with E-state index in [0.717, 1.165) is 19.6 Å². The summed E-state index contributed by atoms with van der Waals surface area (Å²) in [6, 6.07) is 17.3. The monoisotopic (exact) mass is 582 g/mol. The summed E-state index contributed by atoms with van der Waals surface area (Å²) >= 11 is 1.83. The number of benzene rings is 2. The largest absolute Gasteiger partial charge is 0.377 e. The Bertz CT molecular complexity index is 1120. The lowest BCUT2D eigenvalue weighted by atomic mass is 10.2. The minimum atomic E-state index is -4.94. The molecule has 0 atom stereocenters. The number of hydrogen-bond acceptors (Lipinski definition) is 10. The number of ether oxygens (including phenoxy) is 4. The summed E-state index contributed by atoms with van der Waals surface area (Å²) in [4.78, 5) is 2.31. The van der Waals surface area contributed by atoms with Crippen molar-refractivity contribution >= 4 is 39.4 Å². The lowest BCUT2D eigenvalue weighted by Crippen LogP contribution is -2.68. The fourth-order valence-corrected chi connectivity index (χ4v) is 5.08. The van der Waals surface area contributed by atoms with E-state index in [1.54, 1.807) is 0 Å². The van der Waals surface area contributed by atoms with Gasteiger partial charge in [0.15, 0.2) is 0 Å². The average Bonchev–Trinajstić information content (AvgIpc) is 3.27. The Morgan fingerprint density at radius 2 is 1.28 bits per heavy atom. The first kappa shape index (κ1) is 31.4. The van der Waals surface area contributed by atoms with Gasteiger partial charge in [-0.1, -0.05) is 35.6 Å². The molecule has 1 saturated heterocycles. The summed E-state index contributed by atoms with van der Waals surface area (Å²) in [5, 5.41) is 1.26. The van der Waals surface area contributed by atoms with Crippen molar-refractivity contribution in [2.45, 2.75) is 13.5 Å². The molecule has 0 amide bonds. The standard InChI is InChI=1S/C27H35N2O4S.ClHO4/c1-2-29-25-5-3-4-6-26(25)34-27(29)12-9-23-7-10-24(11-8-23)28-13-15-30-17-19-32-21-22-33-20-18-31-16-14-28;2-1(3,4)5/h3-12H,2,13-22H2,1H3;(H,2,3,4,5)/q+1;/p-1. The number of nitrogens with zero attached hydrogens (tertiary/aromatic N) is 2. The van der Waals surface area contributed by atoms with Crippen molar-refractivity contribution in [1.82, 2.24) is 0 Å². The molecule has 0 saturated carbocycles. The van der Waals surface area contributed by atoms with Gasteiger partial charge in [-0.05, 0) is 36.8 Å². The third kappa shape index (κ3) is 11.9. The number of rotatable bonds is 4. The highest BCUT2D eigenvalue weighted by Gasteiger charge is 2.16. The molecule has 0 unspecified atom stereocenters. The van der Waals surface area contributed by atoms with Crippen molar-refractivity contribution in [3.8, 4) is 0 Å². The van der Waals surface area contributed by atoms with E-state index in [4.69, 9.17) is 37.6 Å². The number of aryl methyl sites for hydroxylation is 1. The van der Waals surface area contributed by atoms with Crippen molar-refractivity contribution in [3.63, 3.8) is 0 Å². The second kappa shape index (κ2) is 16.8. The molecule has 1 aliphatic heterocycles. The number of thiazole rings is 1. The normalized spacial score (nSPS) is 16.9. The van der Waals surface area contributed by atoms with Gasteiger partial charge in [-0.15, -0.1) is 10.2 Å². The molecule has 1 fully saturated rings. The molecule has 2 aromatic carbocycles. The van der Waals surface area contributed by atoms with Crippen LogP contribution in [0.4, 0.5) is 5.69 Å². The highest BCUT2D eigenvalue weighted by Crippen LogP contribution is 2.22. The first-order chi connectivity index (χ1) is 18.8. The Labute approximate surface area is 235 Å². The summed E-state index contributed by atoms with van der Waals surface area (Å²) in [6.45, 7) is 9.68. The maximum absolute atomic E-state index is 8.49. The van der Waals surface area contributed by atoms with Crippen molar-refractivity contribution < 1.29 is 52.4 Å². The summed E-state index contributed by atoms with van der Waals surface area (Å²) in [5.74, 6) is 0. The van der Waals surface area contributed by atoms with E-state index in [0.29, 0.717) is 52.9 Å². The maximum atomic E-state index is 8.49. The van der Waals surface area contributed by atoms with Gasteiger partial charge in [0.2, 0.25) is 5.52 Å². The van der Waals surface area contributed by atoms with Gasteiger partial charge in [0.25, 0.3) is 5.01 Å². The molecular weight excluding hydrogens is 548 g/mol. The minimum Gasteiger partial charge on any atom is -0.377 e. The van der Waals surface area contributed by atoms with Crippen LogP contribution in [-0.2, 0) is 25.5 Å². The summed E-state index contributed by atoms with van der Waals surface area (Å²) in [7, 11) is -4.94. The van der Waals surface area contributed by atoms with Gasteiger partial charge in [-0.3, -0.25) is 0 Å². The summed E-state index contributed by atoms with van der Waals surface area (Å²) < 4.78 is 60.2. The van der Waals surface area contributed by atoms with Gasteiger partial charge in [-0.2, -0.15) is 4.57 Å². The molecule has 0 spiro atoms. The smallest absolute Gasteiger partial charge is 0.262 e. The highest BCUT2D eigenvalue weighted by molar-refractivity contribution is 7.18. The zero-order valence-corrected chi connectivity index (χ0v) is 23.6. The maximum Gasteiger partial charge on any atom is 0.262 e. The van der Waals surface area contributed by atoms with Gasteiger partial charge in [0.05, 0.1) is 52.9 Å². The molecule has 1 aliphatic rings. The van der Waals surface area contributed by atoms with Crippen LogP contribution in [0.3, 0.4) is 0 Å². The molecule has 0 N–H and O–H groups in total. The molecule has 0 bridgehead atoms. The van der Waals surface area contributed by atoms with E-state index in [9.17, 15) is 0 Å². The van der Waals surface area contributed by atoms with Gasteiger partial charge in [0, 0.05) is 30.9 Å². The summed E-state index contributed by atoms with van der Waals surface area (Å²) in [6.07, 6.45) is 4.41. The van der Waals surface area contributed by atoms with Gasteiger partial charge < -0.3 is 23.8 Å². The van der Waals surface area contributed by atoms with E-state index in [-0.39, 0.29) is 0 Å². The Balaban J connectivity index is 0.000000771. The van der Waals surface area contributed by atoms with Crippen molar-refractivity contribution in [2.24, 2.45) is 0 Å². The molecule has 3 aromatic rings. The molecule has 1 aromatic heterocycles. The quantitative estimate of drug-likeness (QED) is 0.373. The second-order valence-electron chi connectivity index (χ2n) is 8.39. The van der Waals surface area contributed by atoms with Crippen LogP contribution in [0.15, 0.2) is 48.5 Å². The number of halogens is 1. The molecule has 0 radical (unpaired) electrons. The molecule has 4 rings (SSSR count). The number of fused-ring (bicyclic) bond motifs is 1. The van der Waals surface area contributed by atoms with Crippen molar-refractivity contribution in [3.05, 3.63) is 59.1 Å². The summed E-state index contributed by atoms with van der Waals surface area (Å²) in [5.41, 5.74) is 3.65. The molecule has 0 aliphatic carbocycles. The molecule has 39 heavy (non-hydrogen) atoms. The van der Waals surface area contributed by atoms with E-state index < -0.39 is 10.2 Å². The van der Waals surface area contributed by atoms with E-state index in [2.05, 4.69) is 77.1 Å². The molecule has 12 heteroatoms. The Hall–Kier alpha value is -2.16. The van der Waals surface area contributed by atoms with Crippen LogP contribution < -0.4 is 28.1 Å². The van der Waals surface area contributed by atoms with Gasteiger partial charge in [-0.25, -0.2) is 18.6 Å². The Morgan fingerprint density at radius 1 is 0.769 bits per heavy atom.